The number of aromatic amines is 1. The molecule has 0 bridgehead atoms. The van der Waals surface area contributed by atoms with Gasteiger partial charge in [-0.05, 0) is 11.0 Å². The average molecular weight is 199 g/mol. The quantitative estimate of drug-likeness (QED) is 0.750. The SMILES string of the molecule is CC(C)(C)c1ccccc1-c1c[nH][c]n1. The molecule has 1 radical (unpaired) electrons. The molecule has 2 heteroatoms. The summed E-state index contributed by atoms with van der Waals surface area (Å²) in [6.45, 7) is 6.63. The van der Waals surface area contributed by atoms with Crippen LogP contribution in [0.15, 0.2) is 30.5 Å². The summed E-state index contributed by atoms with van der Waals surface area (Å²) in [5.41, 5.74) is 3.59. The summed E-state index contributed by atoms with van der Waals surface area (Å²) in [6, 6.07) is 8.37. The predicted octanol–water partition coefficient (Wildman–Crippen LogP) is 3.17. The number of nitrogens with one attached hydrogen (secondary N) is 1. The average Bonchev–Trinajstić information content (AvgIpc) is 2.69. The van der Waals surface area contributed by atoms with Gasteiger partial charge in [-0.25, -0.2) is 4.98 Å². The van der Waals surface area contributed by atoms with E-state index < -0.39 is 0 Å². The van der Waals surface area contributed by atoms with Crippen LogP contribution in [0.25, 0.3) is 11.3 Å². The fourth-order valence-electron chi connectivity index (χ4n) is 1.72. The first-order chi connectivity index (χ1) is 7.09. The Morgan fingerprint density at radius 3 is 2.53 bits per heavy atom. The van der Waals surface area contributed by atoms with Crippen LogP contribution in [0.1, 0.15) is 26.3 Å². The minimum Gasteiger partial charge on any atom is -0.341 e. The molecule has 0 amide bonds. The minimum absolute atomic E-state index is 0.134. The number of hydrogen-bond donors (Lipinski definition) is 1. The second-order valence-corrected chi connectivity index (χ2v) is 4.69. The summed E-state index contributed by atoms with van der Waals surface area (Å²) in [6.07, 6.45) is 4.61. The van der Waals surface area contributed by atoms with Gasteiger partial charge in [-0.1, -0.05) is 45.0 Å². The van der Waals surface area contributed by atoms with Gasteiger partial charge >= 0.3 is 0 Å². The molecule has 0 atom stereocenters. The van der Waals surface area contributed by atoms with Crippen LogP contribution in [0.4, 0.5) is 0 Å². The molecule has 0 saturated heterocycles. The number of hydrogen-bond acceptors (Lipinski definition) is 1. The first-order valence-corrected chi connectivity index (χ1v) is 5.10. The minimum atomic E-state index is 0.134. The van der Waals surface area contributed by atoms with Crippen molar-refractivity contribution in [3.63, 3.8) is 0 Å². The molecule has 2 rings (SSSR count). The van der Waals surface area contributed by atoms with Gasteiger partial charge in [0, 0.05) is 11.8 Å². The molecule has 0 spiro atoms. The summed E-state index contributed by atoms with van der Waals surface area (Å²) in [5, 5.41) is 0. The van der Waals surface area contributed by atoms with Crippen LogP contribution in [-0.4, -0.2) is 9.97 Å². The number of H-pyrrole nitrogens is 1. The first-order valence-electron chi connectivity index (χ1n) is 5.10. The van der Waals surface area contributed by atoms with Crippen molar-refractivity contribution >= 4 is 0 Å². The maximum absolute atomic E-state index is 4.18. The number of nitrogens with zero attached hydrogens (tertiary/aromatic N) is 1. The number of imidazole rings is 1. The van der Waals surface area contributed by atoms with Crippen molar-refractivity contribution in [2.24, 2.45) is 0 Å². The maximum Gasteiger partial charge on any atom is 0.174 e. The first kappa shape index (κ1) is 9.97. The summed E-state index contributed by atoms with van der Waals surface area (Å²) >= 11 is 0. The van der Waals surface area contributed by atoms with Gasteiger partial charge < -0.3 is 4.98 Å². The Kier molecular flexibility index (Phi) is 2.35. The number of aromatic nitrogens is 2. The van der Waals surface area contributed by atoms with Crippen molar-refractivity contribution in [2.75, 3.05) is 0 Å². The summed E-state index contributed by atoms with van der Waals surface area (Å²) < 4.78 is 0. The predicted molar refractivity (Wildman–Crippen MR) is 61.6 cm³/mol. The largest absolute Gasteiger partial charge is 0.341 e. The van der Waals surface area contributed by atoms with E-state index in [0.29, 0.717) is 0 Å². The van der Waals surface area contributed by atoms with E-state index in [0.717, 1.165) is 5.69 Å². The fourth-order valence-corrected chi connectivity index (χ4v) is 1.72. The topological polar surface area (TPSA) is 28.7 Å². The van der Waals surface area contributed by atoms with E-state index in [-0.39, 0.29) is 5.41 Å². The lowest BCUT2D eigenvalue weighted by Crippen LogP contribution is -2.12. The molecule has 0 unspecified atom stereocenters. The van der Waals surface area contributed by atoms with E-state index in [1.165, 1.54) is 11.1 Å². The molecular weight excluding hydrogens is 184 g/mol. The zero-order valence-corrected chi connectivity index (χ0v) is 9.33. The third-order valence-corrected chi connectivity index (χ3v) is 2.46. The van der Waals surface area contributed by atoms with Crippen LogP contribution < -0.4 is 0 Å². The van der Waals surface area contributed by atoms with Crippen LogP contribution in [0, 0.1) is 6.33 Å². The van der Waals surface area contributed by atoms with Gasteiger partial charge in [-0.15, -0.1) is 0 Å². The van der Waals surface area contributed by atoms with Gasteiger partial charge in [0.25, 0.3) is 0 Å². The Labute approximate surface area is 90.4 Å². The van der Waals surface area contributed by atoms with Gasteiger partial charge in [0.1, 0.15) is 0 Å². The maximum atomic E-state index is 4.18. The lowest BCUT2D eigenvalue weighted by molar-refractivity contribution is 0.592. The van der Waals surface area contributed by atoms with Gasteiger partial charge in [-0.2, -0.15) is 0 Å². The van der Waals surface area contributed by atoms with E-state index in [1.807, 2.05) is 12.3 Å². The number of benzene rings is 1. The summed E-state index contributed by atoms with van der Waals surface area (Å²) in [7, 11) is 0. The van der Waals surface area contributed by atoms with Crippen LogP contribution in [-0.2, 0) is 5.41 Å². The lowest BCUT2D eigenvalue weighted by Gasteiger charge is -2.21. The molecule has 1 aromatic carbocycles. The van der Waals surface area contributed by atoms with Crippen LogP contribution >= 0.6 is 0 Å². The van der Waals surface area contributed by atoms with Crippen molar-refractivity contribution in [3.8, 4) is 11.3 Å². The lowest BCUT2D eigenvalue weighted by atomic mass is 9.83. The Balaban J connectivity index is 2.58. The fraction of sp³-hybridized carbons (Fsp3) is 0.308. The molecule has 0 fully saturated rings. The normalized spacial score (nSPS) is 11.7. The summed E-state index contributed by atoms with van der Waals surface area (Å²) in [4.78, 5) is 7.05. The Morgan fingerprint density at radius 2 is 1.93 bits per heavy atom. The third kappa shape index (κ3) is 1.94. The van der Waals surface area contributed by atoms with Gasteiger partial charge in [0.15, 0.2) is 6.33 Å². The Hall–Kier alpha value is -1.57. The zero-order chi connectivity index (χ0) is 10.9. The molecule has 1 N–H and O–H groups in total. The standard InChI is InChI=1S/C13H15N2/c1-13(2,3)11-7-5-4-6-10(11)12-8-14-9-15-12/h4-8H,1-3H3,(H,14,15). The van der Waals surface area contributed by atoms with Crippen LogP contribution in [0.2, 0.25) is 0 Å². The smallest absolute Gasteiger partial charge is 0.174 e. The van der Waals surface area contributed by atoms with E-state index in [4.69, 9.17) is 0 Å². The second-order valence-electron chi connectivity index (χ2n) is 4.69. The van der Waals surface area contributed by atoms with Crippen molar-refractivity contribution in [1.29, 1.82) is 0 Å². The van der Waals surface area contributed by atoms with E-state index >= 15 is 0 Å². The number of rotatable bonds is 1. The Morgan fingerprint density at radius 1 is 1.20 bits per heavy atom. The third-order valence-electron chi connectivity index (χ3n) is 2.46. The van der Waals surface area contributed by atoms with E-state index in [2.05, 4.69) is 55.3 Å². The monoisotopic (exact) mass is 199 g/mol. The highest BCUT2D eigenvalue weighted by atomic mass is 14.9. The molecule has 0 saturated carbocycles. The highest BCUT2D eigenvalue weighted by Crippen LogP contribution is 2.31. The molecule has 1 aromatic heterocycles. The molecule has 15 heavy (non-hydrogen) atoms. The van der Waals surface area contributed by atoms with E-state index in [1.54, 1.807) is 0 Å². The molecule has 77 valence electrons. The molecule has 1 heterocycles. The molecule has 0 aliphatic heterocycles. The molecule has 2 nitrogen and oxygen atoms in total. The molecular formula is C13H15N2. The summed E-state index contributed by atoms with van der Waals surface area (Å²) in [5.74, 6) is 0. The van der Waals surface area contributed by atoms with Crippen LogP contribution in [0.5, 0.6) is 0 Å². The van der Waals surface area contributed by atoms with Crippen molar-refractivity contribution in [1.82, 2.24) is 9.97 Å². The molecule has 2 aromatic rings. The van der Waals surface area contributed by atoms with Crippen LogP contribution in [0.3, 0.4) is 0 Å². The molecule has 0 aliphatic carbocycles. The Bertz CT molecular complexity index is 436. The van der Waals surface area contributed by atoms with Crippen molar-refractivity contribution in [3.05, 3.63) is 42.4 Å². The highest BCUT2D eigenvalue weighted by Gasteiger charge is 2.18. The van der Waals surface area contributed by atoms with Gasteiger partial charge in [-0.3, -0.25) is 0 Å². The van der Waals surface area contributed by atoms with Crippen molar-refractivity contribution in [2.45, 2.75) is 26.2 Å². The zero-order valence-electron chi connectivity index (χ0n) is 9.33. The second kappa shape index (κ2) is 3.54. The van der Waals surface area contributed by atoms with Crippen molar-refractivity contribution < 1.29 is 0 Å². The highest BCUT2D eigenvalue weighted by molar-refractivity contribution is 5.64. The van der Waals surface area contributed by atoms with Gasteiger partial charge in [0.2, 0.25) is 0 Å². The van der Waals surface area contributed by atoms with Gasteiger partial charge in [0.05, 0.1) is 5.69 Å². The van der Waals surface area contributed by atoms with E-state index in [9.17, 15) is 0 Å². The molecule has 0 aliphatic rings.